The number of amides is 2. The second-order valence-electron chi connectivity index (χ2n) is 13.0. The molecule has 0 unspecified atom stereocenters. The molecule has 2 aromatic carbocycles. The molecule has 2 heterocycles. The Labute approximate surface area is 245 Å². The number of rotatable bonds is 7. The van der Waals surface area contributed by atoms with Gasteiger partial charge in [0.1, 0.15) is 17.5 Å². The van der Waals surface area contributed by atoms with Crippen molar-refractivity contribution >= 4 is 12.0 Å². The molecule has 0 bridgehead atoms. The minimum atomic E-state index is -0.591. The summed E-state index contributed by atoms with van der Waals surface area (Å²) in [5, 5.41) is 0. The summed E-state index contributed by atoms with van der Waals surface area (Å²) in [5.41, 5.74) is 4.16. The molecular weight excluding hydrogens is 516 g/mol. The van der Waals surface area contributed by atoms with Gasteiger partial charge in [0, 0.05) is 38.5 Å². The molecule has 3 fully saturated rings. The summed E-state index contributed by atoms with van der Waals surface area (Å²) >= 11 is 0. The van der Waals surface area contributed by atoms with Crippen LogP contribution in [-0.2, 0) is 20.8 Å². The van der Waals surface area contributed by atoms with Gasteiger partial charge in [0.25, 0.3) is 0 Å². The molecule has 0 N–H and O–H groups in total. The Kier molecular flexibility index (Phi) is 8.93. The fraction of sp³-hybridized carbons (Fsp3) is 0.588. The molecule has 222 valence electrons. The number of ether oxygens (including phenoxy) is 3. The maximum absolute atomic E-state index is 14.5. The van der Waals surface area contributed by atoms with E-state index in [1.165, 1.54) is 16.7 Å². The van der Waals surface area contributed by atoms with Crippen LogP contribution in [0.2, 0.25) is 0 Å². The van der Waals surface area contributed by atoms with Crippen molar-refractivity contribution < 1.29 is 23.8 Å². The molecule has 1 aliphatic carbocycles. The van der Waals surface area contributed by atoms with Crippen LogP contribution in [0.3, 0.4) is 0 Å². The SMILES string of the molecule is Cc1cccc(CN(C(=O)[C@H]2CN(C(=O)OC(C)(C)C)CC[C@@H]2c2cccc(OC3CCOCC3)c2)C2CC2)c1C. The first-order valence-corrected chi connectivity index (χ1v) is 15.3. The number of nitrogens with zero attached hydrogens (tertiary/aromatic N) is 2. The number of piperidine rings is 1. The Balaban J connectivity index is 1.42. The molecule has 41 heavy (non-hydrogen) atoms. The maximum atomic E-state index is 14.5. The highest BCUT2D eigenvalue weighted by atomic mass is 16.6. The standard InChI is InChI=1S/C34H46N2O5/c1-23-8-6-10-26(24(23)2)21-36(27-12-13-27)32(37)31-22-35(33(38)41-34(3,4)5)17-14-30(31)25-9-7-11-29(20-25)40-28-15-18-39-19-16-28/h6-11,20,27-28,30-31H,12-19,21-22H2,1-5H3/t30-,31+/m1/s1. The molecule has 3 aliphatic rings. The van der Waals surface area contributed by atoms with E-state index in [9.17, 15) is 9.59 Å². The van der Waals surface area contributed by atoms with Gasteiger partial charge in [-0.3, -0.25) is 4.79 Å². The fourth-order valence-electron chi connectivity index (χ4n) is 6.05. The molecule has 7 nitrogen and oxygen atoms in total. The van der Waals surface area contributed by atoms with Crippen LogP contribution < -0.4 is 4.74 Å². The van der Waals surface area contributed by atoms with Crippen molar-refractivity contribution in [2.45, 2.75) is 96.9 Å². The molecule has 7 heteroatoms. The van der Waals surface area contributed by atoms with E-state index in [1.54, 1.807) is 4.90 Å². The molecule has 2 aliphatic heterocycles. The average Bonchev–Trinajstić information content (AvgIpc) is 3.78. The van der Waals surface area contributed by atoms with Gasteiger partial charge in [-0.05, 0) is 94.2 Å². The molecule has 0 spiro atoms. The van der Waals surface area contributed by atoms with E-state index in [2.05, 4.69) is 49.1 Å². The molecule has 0 aromatic heterocycles. The summed E-state index contributed by atoms with van der Waals surface area (Å²) in [6, 6.07) is 14.8. The number of likely N-dealkylation sites (tertiary alicyclic amines) is 1. The highest BCUT2D eigenvalue weighted by Gasteiger charge is 2.43. The predicted octanol–water partition coefficient (Wildman–Crippen LogP) is 6.39. The second kappa shape index (κ2) is 12.4. The van der Waals surface area contributed by atoms with Crippen molar-refractivity contribution in [3.8, 4) is 5.75 Å². The summed E-state index contributed by atoms with van der Waals surface area (Å²) in [7, 11) is 0. The zero-order valence-corrected chi connectivity index (χ0v) is 25.4. The number of benzene rings is 2. The van der Waals surface area contributed by atoms with Crippen LogP contribution in [0.15, 0.2) is 42.5 Å². The molecule has 5 rings (SSSR count). The molecule has 0 radical (unpaired) electrons. The second-order valence-corrected chi connectivity index (χ2v) is 13.0. The van der Waals surface area contributed by atoms with Gasteiger partial charge in [-0.1, -0.05) is 30.3 Å². The Bertz CT molecular complexity index is 1230. The molecule has 2 aromatic rings. The van der Waals surface area contributed by atoms with Crippen molar-refractivity contribution in [1.82, 2.24) is 9.80 Å². The molecule has 2 saturated heterocycles. The zero-order valence-electron chi connectivity index (χ0n) is 25.4. The van der Waals surface area contributed by atoms with E-state index in [-0.39, 0.29) is 36.0 Å². The van der Waals surface area contributed by atoms with Gasteiger partial charge >= 0.3 is 6.09 Å². The Morgan fingerprint density at radius 3 is 2.44 bits per heavy atom. The third-order valence-corrected chi connectivity index (χ3v) is 8.67. The first-order chi connectivity index (χ1) is 19.6. The number of carbonyl (C=O) groups is 2. The third kappa shape index (κ3) is 7.42. The first kappa shape index (κ1) is 29.4. The summed E-state index contributed by atoms with van der Waals surface area (Å²) in [6.45, 7) is 12.8. The third-order valence-electron chi connectivity index (χ3n) is 8.67. The summed E-state index contributed by atoms with van der Waals surface area (Å²) in [6.07, 6.45) is 4.31. The number of hydrogen-bond acceptors (Lipinski definition) is 5. The van der Waals surface area contributed by atoms with E-state index in [0.717, 1.165) is 50.2 Å². The normalized spacial score (nSPS) is 21.8. The lowest BCUT2D eigenvalue weighted by molar-refractivity contribution is -0.139. The van der Waals surface area contributed by atoms with Crippen LogP contribution in [0.4, 0.5) is 4.79 Å². The van der Waals surface area contributed by atoms with E-state index in [1.807, 2.05) is 32.9 Å². The van der Waals surface area contributed by atoms with Crippen molar-refractivity contribution in [2.75, 3.05) is 26.3 Å². The predicted molar refractivity (Wildman–Crippen MR) is 159 cm³/mol. The summed E-state index contributed by atoms with van der Waals surface area (Å²) < 4.78 is 17.6. The van der Waals surface area contributed by atoms with Gasteiger partial charge in [-0.15, -0.1) is 0 Å². The van der Waals surface area contributed by atoms with Crippen LogP contribution in [0.5, 0.6) is 5.75 Å². The van der Waals surface area contributed by atoms with Crippen LogP contribution >= 0.6 is 0 Å². The molecular formula is C34H46N2O5. The highest BCUT2D eigenvalue weighted by Crippen LogP contribution is 2.39. The van der Waals surface area contributed by atoms with Gasteiger partial charge in [0.15, 0.2) is 0 Å². The van der Waals surface area contributed by atoms with E-state index in [4.69, 9.17) is 14.2 Å². The largest absolute Gasteiger partial charge is 0.490 e. The zero-order chi connectivity index (χ0) is 29.1. The summed E-state index contributed by atoms with van der Waals surface area (Å²) in [5.74, 6) is 0.589. The monoisotopic (exact) mass is 562 g/mol. The number of carbonyl (C=O) groups excluding carboxylic acids is 2. The Morgan fingerprint density at radius 1 is 1.00 bits per heavy atom. The van der Waals surface area contributed by atoms with Gasteiger partial charge in [0.2, 0.25) is 5.91 Å². The van der Waals surface area contributed by atoms with Crippen LogP contribution in [0.1, 0.15) is 81.0 Å². The van der Waals surface area contributed by atoms with E-state index in [0.29, 0.717) is 26.1 Å². The lowest BCUT2D eigenvalue weighted by atomic mass is 9.79. The topological polar surface area (TPSA) is 68.3 Å². The van der Waals surface area contributed by atoms with Crippen LogP contribution in [-0.4, -0.2) is 65.9 Å². The van der Waals surface area contributed by atoms with E-state index < -0.39 is 5.60 Å². The summed E-state index contributed by atoms with van der Waals surface area (Å²) in [4.78, 5) is 31.5. The van der Waals surface area contributed by atoms with E-state index >= 15 is 0 Å². The van der Waals surface area contributed by atoms with Gasteiger partial charge in [0.05, 0.1) is 19.1 Å². The smallest absolute Gasteiger partial charge is 0.410 e. The van der Waals surface area contributed by atoms with Crippen LogP contribution in [0.25, 0.3) is 0 Å². The molecule has 1 saturated carbocycles. The lowest BCUT2D eigenvalue weighted by Crippen LogP contribution is -2.51. The van der Waals surface area contributed by atoms with Crippen molar-refractivity contribution in [3.63, 3.8) is 0 Å². The average molecular weight is 563 g/mol. The van der Waals surface area contributed by atoms with Crippen molar-refractivity contribution in [3.05, 3.63) is 64.7 Å². The number of hydrogen-bond donors (Lipinski definition) is 0. The maximum Gasteiger partial charge on any atom is 0.410 e. The van der Waals surface area contributed by atoms with Gasteiger partial charge < -0.3 is 24.0 Å². The van der Waals surface area contributed by atoms with Crippen molar-refractivity contribution in [2.24, 2.45) is 5.92 Å². The van der Waals surface area contributed by atoms with Crippen LogP contribution in [0, 0.1) is 19.8 Å². The molecule has 2 atom stereocenters. The minimum Gasteiger partial charge on any atom is -0.490 e. The van der Waals surface area contributed by atoms with Gasteiger partial charge in [-0.2, -0.15) is 0 Å². The fourth-order valence-corrected chi connectivity index (χ4v) is 6.05. The highest BCUT2D eigenvalue weighted by molar-refractivity contribution is 5.82. The lowest BCUT2D eigenvalue weighted by Gasteiger charge is -2.40. The Morgan fingerprint density at radius 2 is 1.73 bits per heavy atom. The van der Waals surface area contributed by atoms with Gasteiger partial charge in [-0.25, -0.2) is 4.79 Å². The quantitative estimate of drug-likeness (QED) is 0.391. The Hall–Kier alpha value is -3.06. The molecule has 2 amide bonds. The first-order valence-electron chi connectivity index (χ1n) is 15.3. The minimum absolute atomic E-state index is 0.0146. The van der Waals surface area contributed by atoms with Crippen molar-refractivity contribution in [1.29, 1.82) is 0 Å². The number of aryl methyl sites for hydroxylation is 1.